The lowest BCUT2D eigenvalue weighted by Crippen LogP contribution is -2.25. The van der Waals surface area contributed by atoms with Crippen LogP contribution in [0, 0.1) is 35.5 Å². The van der Waals surface area contributed by atoms with Crippen LogP contribution < -0.4 is 0 Å². The van der Waals surface area contributed by atoms with Crippen LogP contribution in [0.1, 0.15) is 117 Å². The van der Waals surface area contributed by atoms with E-state index in [1.54, 1.807) is 25.7 Å². The molecule has 3 aliphatic rings. The van der Waals surface area contributed by atoms with Crippen LogP contribution in [-0.2, 0) is 0 Å². The maximum absolute atomic E-state index is 2.58. The molecule has 3 saturated carbocycles. The van der Waals surface area contributed by atoms with Gasteiger partial charge in [0.1, 0.15) is 0 Å². The molecule has 0 unspecified atom stereocenters. The van der Waals surface area contributed by atoms with Crippen LogP contribution in [0.2, 0.25) is 0 Å². The Bertz CT molecular complexity index is 448. The minimum absolute atomic E-state index is 0.872. The third-order valence-electron chi connectivity index (χ3n) is 8.64. The quantitative estimate of drug-likeness (QED) is 0.366. The van der Waals surface area contributed by atoms with Crippen molar-refractivity contribution in [2.45, 2.75) is 117 Å². The Morgan fingerprint density at radius 2 is 1.07 bits per heavy atom. The summed E-state index contributed by atoms with van der Waals surface area (Å²) in [5, 5.41) is 0. The maximum atomic E-state index is 2.58. The van der Waals surface area contributed by atoms with Crippen molar-refractivity contribution in [3.8, 4) is 0 Å². The van der Waals surface area contributed by atoms with Gasteiger partial charge in [-0.3, -0.25) is 0 Å². The summed E-state index contributed by atoms with van der Waals surface area (Å²) in [5.74, 6) is 6.01. The first-order valence-electron chi connectivity index (χ1n) is 13.1. The summed E-state index contributed by atoms with van der Waals surface area (Å²) in [6.07, 6.45) is 33.4. The highest BCUT2D eigenvalue weighted by Gasteiger charge is 2.30. The third kappa shape index (κ3) is 7.07. The highest BCUT2D eigenvalue weighted by molar-refractivity contribution is 4.96. The van der Waals surface area contributed by atoms with Crippen molar-refractivity contribution in [2.24, 2.45) is 35.5 Å². The van der Waals surface area contributed by atoms with Gasteiger partial charge in [0.2, 0.25) is 0 Å². The van der Waals surface area contributed by atoms with Crippen molar-refractivity contribution in [1.82, 2.24) is 0 Å². The van der Waals surface area contributed by atoms with Crippen molar-refractivity contribution in [1.29, 1.82) is 0 Å². The zero-order chi connectivity index (χ0) is 19.6. The van der Waals surface area contributed by atoms with E-state index >= 15 is 0 Å². The van der Waals surface area contributed by atoms with Crippen molar-refractivity contribution in [3.05, 3.63) is 24.3 Å². The molecular weight excluding hydrogens is 336 g/mol. The Hall–Kier alpha value is -0.520. The van der Waals surface area contributed by atoms with E-state index in [1.807, 2.05) is 0 Å². The monoisotopic (exact) mass is 384 g/mol. The van der Waals surface area contributed by atoms with Crippen LogP contribution in [-0.4, -0.2) is 0 Å². The Labute approximate surface area is 176 Å². The molecule has 3 aliphatic carbocycles. The minimum atomic E-state index is 0.872. The second-order valence-electron chi connectivity index (χ2n) is 10.5. The minimum Gasteiger partial charge on any atom is -0.0885 e. The van der Waals surface area contributed by atoms with Crippen LogP contribution >= 0.6 is 0 Å². The zero-order valence-corrected chi connectivity index (χ0v) is 19.1. The molecule has 0 amide bonds. The molecule has 0 radical (unpaired) electrons. The standard InChI is InChI=1S/C28H48/c1-3-5-8-24-11-13-25(14-12-24)9-6-7-10-26-17-21-28(22-18-26)27-19-15-23(4-2)16-20-27/h5-6,8-9,23-28H,3-4,7,10-22H2,1-2H3/b8-5+,9-6+/t23-,24-,25-,26?,27-,28?. The van der Waals surface area contributed by atoms with E-state index in [0.717, 1.165) is 35.5 Å². The van der Waals surface area contributed by atoms with Gasteiger partial charge in [-0.1, -0.05) is 70.3 Å². The second-order valence-corrected chi connectivity index (χ2v) is 10.5. The van der Waals surface area contributed by atoms with Crippen LogP contribution in [0.5, 0.6) is 0 Å². The van der Waals surface area contributed by atoms with Gasteiger partial charge < -0.3 is 0 Å². The summed E-state index contributed by atoms with van der Waals surface area (Å²) in [5.41, 5.74) is 0. The highest BCUT2D eigenvalue weighted by Crippen LogP contribution is 2.42. The molecule has 0 aromatic heterocycles. The number of hydrogen-bond donors (Lipinski definition) is 0. The molecule has 0 heteroatoms. The molecule has 160 valence electrons. The largest absolute Gasteiger partial charge is 0.0885 e. The average Bonchev–Trinajstić information content (AvgIpc) is 2.76. The van der Waals surface area contributed by atoms with Gasteiger partial charge in [-0.05, 0) is 106 Å². The fraction of sp³-hybridized carbons (Fsp3) is 0.857. The van der Waals surface area contributed by atoms with Crippen molar-refractivity contribution in [3.63, 3.8) is 0 Å². The third-order valence-corrected chi connectivity index (χ3v) is 8.64. The molecule has 0 aromatic carbocycles. The summed E-state index contributed by atoms with van der Waals surface area (Å²) in [7, 11) is 0. The fourth-order valence-electron chi connectivity index (χ4n) is 6.50. The van der Waals surface area contributed by atoms with Gasteiger partial charge in [0.05, 0.1) is 0 Å². The normalized spacial score (nSPS) is 37.6. The average molecular weight is 385 g/mol. The predicted octanol–water partition coefficient (Wildman–Crippen LogP) is 9.12. The molecule has 0 nitrogen and oxygen atoms in total. The van der Waals surface area contributed by atoms with Gasteiger partial charge in [-0.2, -0.15) is 0 Å². The lowest BCUT2D eigenvalue weighted by atomic mass is 9.68. The molecule has 28 heavy (non-hydrogen) atoms. The summed E-state index contributed by atoms with van der Waals surface area (Å²) < 4.78 is 0. The van der Waals surface area contributed by atoms with Crippen LogP contribution in [0.4, 0.5) is 0 Å². The van der Waals surface area contributed by atoms with Gasteiger partial charge in [-0.25, -0.2) is 0 Å². The summed E-state index contributed by atoms with van der Waals surface area (Å²) >= 11 is 0. The van der Waals surface area contributed by atoms with E-state index in [0.29, 0.717) is 0 Å². The second kappa shape index (κ2) is 12.2. The SMILES string of the molecule is CC/C=C/[C@H]1CC[C@H](/C=C/CCC2CCC([C@H]3CC[C@H](CC)CC3)CC2)CC1. The fourth-order valence-corrected chi connectivity index (χ4v) is 6.50. The lowest BCUT2D eigenvalue weighted by molar-refractivity contribution is 0.143. The number of rotatable bonds is 8. The molecule has 0 saturated heterocycles. The van der Waals surface area contributed by atoms with E-state index in [4.69, 9.17) is 0 Å². The Kier molecular flexibility index (Phi) is 9.69. The predicted molar refractivity (Wildman–Crippen MR) is 124 cm³/mol. The molecule has 0 aromatic rings. The van der Waals surface area contributed by atoms with E-state index in [2.05, 4.69) is 38.2 Å². The van der Waals surface area contributed by atoms with Gasteiger partial charge in [0.15, 0.2) is 0 Å². The molecule has 3 rings (SSSR count). The zero-order valence-electron chi connectivity index (χ0n) is 19.1. The van der Waals surface area contributed by atoms with Gasteiger partial charge in [-0.15, -0.1) is 0 Å². The molecule has 0 aliphatic heterocycles. The smallest absolute Gasteiger partial charge is 0.0233 e. The molecule has 0 N–H and O–H groups in total. The van der Waals surface area contributed by atoms with Gasteiger partial charge >= 0.3 is 0 Å². The van der Waals surface area contributed by atoms with Gasteiger partial charge in [0, 0.05) is 0 Å². The van der Waals surface area contributed by atoms with Gasteiger partial charge in [0.25, 0.3) is 0 Å². The first kappa shape index (κ1) is 22.2. The highest BCUT2D eigenvalue weighted by atomic mass is 14.4. The molecule has 0 atom stereocenters. The van der Waals surface area contributed by atoms with Crippen molar-refractivity contribution < 1.29 is 0 Å². The van der Waals surface area contributed by atoms with E-state index in [-0.39, 0.29) is 0 Å². The first-order valence-corrected chi connectivity index (χ1v) is 13.1. The molecular formula is C28H48. The van der Waals surface area contributed by atoms with Crippen LogP contribution in [0.25, 0.3) is 0 Å². The summed E-state index contributed by atoms with van der Waals surface area (Å²) in [6.45, 7) is 4.63. The molecule has 0 spiro atoms. The van der Waals surface area contributed by atoms with Crippen LogP contribution in [0.3, 0.4) is 0 Å². The van der Waals surface area contributed by atoms with E-state index in [1.165, 1.54) is 77.0 Å². The molecule has 3 fully saturated rings. The molecule has 0 bridgehead atoms. The summed E-state index contributed by atoms with van der Waals surface area (Å²) in [6, 6.07) is 0. The Morgan fingerprint density at radius 1 is 0.571 bits per heavy atom. The Balaban J connectivity index is 1.26. The number of hydrogen-bond acceptors (Lipinski definition) is 0. The number of allylic oxidation sites excluding steroid dienone is 4. The van der Waals surface area contributed by atoms with E-state index < -0.39 is 0 Å². The lowest BCUT2D eigenvalue weighted by Gasteiger charge is -2.37. The van der Waals surface area contributed by atoms with Crippen molar-refractivity contribution >= 4 is 0 Å². The topological polar surface area (TPSA) is 0 Å². The van der Waals surface area contributed by atoms with E-state index in [9.17, 15) is 0 Å². The Morgan fingerprint density at radius 3 is 1.57 bits per heavy atom. The summed E-state index contributed by atoms with van der Waals surface area (Å²) in [4.78, 5) is 0. The maximum Gasteiger partial charge on any atom is -0.0233 e. The van der Waals surface area contributed by atoms with Crippen molar-refractivity contribution in [2.75, 3.05) is 0 Å². The van der Waals surface area contributed by atoms with Crippen LogP contribution in [0.15, 0.2) is 24.3 Å². The molecule has 0 heterocycles. The first-order chi connectivity index (χ1) is 13.8.